The van der Waals surface area contributed by atoms with Gasteiger partial charge in [-0.15, -0.1) is 5.10 Å². The largest absolute Gasteiger partial charge is 0.337 e. The molecule has 0 saturated carbocycles. The lowest BCUT2D eigenvalue weighted by atomic mass is 9.99. The van der Waals surface area contributed by atoms with E-state index in [4.69, 9.17) is 0 Å². The molecule has 1 fully saturated rings. The standard InChI is InChI=1S/C20H21N5O/c1-15-9-12-24(13-10-15)20(26)18-19(16-6-5-11-21-14-16)25(23-22-18)17-7-3-2-4-8-17/h2-8,11,14-15H,9-10,12-13H2,1H3. The molecule has 0 N–H and O–H groups in total. The number of amides is 1. The van der Waals surface area contributed by atoms with Crippen molar-refractivity contribution in [3.8, 4) is 16.9 Å². The molecule has 3 aromatic rings. The van der Waals surface area contributed by atoms with Crippen LogP contribution in [0.3, 0.4) is 0 Å². The molecule has 0 aliphatic carbocycles. The minimum atomic E-state index is -0.0575. The highest BCUT2D eigenvalue weighted by Crippen LogP contribution is 2.27. The van der Waals surface area contributed by atoms with Crippen molar-refractivity contribution in [2.75, 3.05) is 13.1 Å². The maximum atomic E-state index is 13.1. The van der Waals surface area contributed by atoms with E-state index < -0.39 is 0 Å². The number of piperidine rings is 1. The lowest BCUT2D eigenvalue weighted by Crippen LogP contribution is -2.38. The molecule has 1 amide bonds. The Balaban J connectivity index is 1.78. The number of rotatable bonds is 3. The normalized spacial score (nSPS) is 15.2. The Hall–Kier alpha value is -3.02. The summed E-state index contributed by atoms with van der Waals surface area (Å²) in [6.07, 6.45) is 5.52. The van der Waals surface area contributed by atoms with Gasteiger partial charge in [-0.05, 0) is 43.0 Å². The summed E-state index contributed by atoms with van der Waals surface area (Å²) in [6, 6.07) is 13.5. The monoisotopic (exact) mass is 347 g/mol. The molecule has 1 aromatic carbocycles. The summed E-state index contributed by atoms with van der Waals surface area (Å²) in [7, 11) is 0. The predicted molar refractivity (Wildman–Crippen MR) is 98.9 cm³/mol. The van der Waals surface area contributed by atoms with E-state index in [9.17, 15) is 4.79 Å². The SMILES string of the molecule is CC1CCN(C(=O)c2nnn(-c3ccccc3)c2-c2cccnc2)CC1. The number of carbonyl (C=O) groups excluding carboxylic acids is 1. The topological polar surface area (TPSA) is 63.9 Å². The van der Waals surface area contributed by atoms with Gasteiger partial charge in [-0.2, -0.15) is 0 Å². The van der Waals surface area contributed by atoms with Crippen molar-refractivity contribution in [1.29, 1.82) is 0 Å². The van der Waals surface area contributed by atoms with Gasteiger partial charge in [0.15, 0.2) is 5.69 Å². The Morgan fingerprint density at radius 2 is 1.85 bits per heavy atom. The zero-order valence-corrected chi connectivity index (χ0v) is 14.7. The minimum absolute atomic E-state index is 0.0575. The molecule has 0 bridgehead atoms. The molecule has 26 heavy (non-hydrogen) atoms. The third-order valence-corrected chi connectivity index (χ3v) is 4.88. The van der Waals surface area contributed by atoms with Crippen LogP contribution in [0.1, 0.15) is 30.3 Å². The number of pyridine rings is 1. The Bertz CT molecular complexity index is 883. The van der Waals surface area contributed by atoms with Gasteiger partial charge in [0.2, 0.25) is 0 Å². The molecule has 0 atom stereocenters. The van der Waals surface area contributed by atoms with Crippen LogP contribution in [0.25, 0.3) is 16.9 Å². The van der Waals surface area contributed by atoms with Crippen LogP contribution >= 0.6 is 0 Å². The van der Waals surface area contributed by atoms with Crippen LogP contribution in [0, 0.1) is 5.92 Å². The van der Waals surface area contributed by atoms with E-state index in [0.717, 1.165) is 37.2 Å². The Morgan fingerprint density at radius 3 is 2.54 bits per heavy atom. The number of likely N-dealkylation sites (tertiary alicyclic amines) is 1. The highest BCUT2D eigenvalue weighted by atomic mass is 16.2. The van der Waals surface area contributed by atoms with Crippen LogP contribution < -0.4 is 0 Å². The second kappa shape index (κ2) is 7.07. The Labute approximate surface area is 152 Å². The van der Waals surface area contributed by atoms with Gasteiger partial charge in [-0.1, -0.05) is 30.3 Å². The van der Waals surface area contributed by atoms with Crippen molar-refractivity contribution in [1.82, 2.24) is 24.9 Å². The molecule has 1 aliphatic heterocycles. The highest BCUT2D eigenvalue weighted by molar-refractivity contribution is 5.98. The van der Waals surface area contributed by atoms with Gasteiger partial charge in [-0.3, -0.25) is 9.78 Å². The number of aromatic nitrogens is 4. The van der Waals surface area contributed by atoms with Crippen LogP contribution in [0.2, 0.25) is 0 Å². The number of benzene rings is 1. The summed E-state index contributed by atoms with van der Waals surface area (Å²) in [6.45, 7) is 3.77. The van der Waals surface area contributed by atoms with E-state index in [2.05, 4.69) is 22.2 Å². The van der Waals surface area contributed by atoms with Gasteiger partial charge in [-0.25, -0.2) is 4.68 Å². The van der Waals surface area contributed by atoms with Crippen LogP contribution in [-0.4, -0.2) is 43.9 Å². The first-order chi connectivity index (χ1) is 12.7. The number of para-hydroxylation sites is 1. The molecule has 132 valence electrons. The zero-order chi connectivity index (χ0) is 17.9. The lowest BCUT2D eigenvalue weighted by molar-refractivity contribution is 0.0692. The van der Waals surface area contributed by atoms with E-state index in [1.54, 1.807) is 17.1 Å². The van der Waals surface area contributed by atoms with Crippen LogP contribution in [0.4, 0.5) is 0 Å². The van der Waals surface area contributed by atoms with Crippen LogP contribution in [0.15, 0.2) is 54.9 Å². The lowest BCUT2D eigenvalue weighted by Gasteiger charge is -2.29. The first-order valence-electron chi connectivity index (χ1n) is 8.95. The minimum Gasteiger partial charge on any atom is -0.337 e. The average molecular weight is 347 g/mol. The second-order valence-electron chi connectivity index (χ2n) is 6.75. The molecule has 2 aromatic heterocycles. The second-order valence-corrected chi connectivity index (χ2v) is 6.75. The van der Waals surface area contributed by atoms with Gasteiger partial charge < -0.3 is 4.90 Å². The van der Waals surface area contributed by atoms with Gasteiger partial charge in [0.1, 0.15) is 5.69 Å². The van der Waals surface area contributed by atoms with Crippen molar-refractivity contribution in [2.24, 2.45) is 5.92 Å². The molecule has 1 saturated heterocycles. The summed E-state index contributed by atoms with van der Waals surface area (Å²) in [5.41, 5.74) is 2.77. The Morgan fingerprint density at radius 1 is 1.08 bits per heavy atom. The van der Waals surface area contributed by atoms with Crippen molar-refractivity contribution < 1.29 is 4.79 Å². The molecule has 0 radical (unpaired) electrons. The van der Waals surface area contributed by atoms with E-state index in [0.29, 0.717) is 17.3 Å². The Kier molecular flexibility index (Phi) is 4.48. The van der Waals surface area contributed by atoms with Gasteiger partial charge in [0.25, 0.3) is 5.91 Å². The maximum Gasteiger partial charge on any atom is 0.276 e. The van der Waals surface area contributed by atoms with Gasteiger partial charge in [0.05, 0.1) is 5.69 Å². The van der Waals surface area contributed by atoms with Crippen LogP contribution in [0.5, 0.6) is 0 Å². The summed E-state index contributed by atoms with van der Waals surface area (Å²) in [4.78, 5) is 19.2. The first-order valence-corrected chi connectivity index (χ1v) is 8.95. The van der Waals surface area contributed by atoms with Crippen LogP contribution in [-0.2, 0) is 0 Å². The van der Waals surface area contributed by atoms with Gasteiger partial charge >= 0.3 is 0 Å². The molecule has 6 nitrogen and oxygen atoms in total. The summed E-state index contributed by atoms with van der Waals surface area (Å²) in [5, 5.41) is 8.54. The molecular weight excluding hydrogens is 326 g/mol. The number of nitrogens with zero attached hydrogens (tertiary/aromatic N) is 5. The zero-order valence-electron chi connectivity index (χ0n) is 14.7. The molecule has 6 heteroatoms. The quantitative estimate of drug-likeness (QED) is 0.730. The molecule has 0 spiro atoms. The van der Waals surface area contributed by atoms with Crippen molar-refractivity contribution >= 4 is 5.91 Å². The third kappa shape index (κ3) is 3.10. The van der Waals surface area contributed by atoms with Gasteiger partial charge in [0, 0.05) is 31.0 Å². The number of carbonyl (C=O) groups is 1. The summed E-state index contributed by atoms with van der Waals surface area (Å²) >= 11 is 0. The fraction of sp³-hybridized carbons (Fsp3) is 0.300. The molecular formula is C20H21N5O. The molecule has 4 rings (SSSR count). The fourth-order valence-corrected chi connectivity index (χ4v) is 3.30. The maximum absolute atomic E-state index is 13.1. The summed E-state index contributed by atoms with van der Waals surface area (Å²) in [5.74, 6) is 0.606. The summed E-state index contributed by atoms with van der Waals surface area (Å²) < 4.78 is 1.72. The van der Waals surface area contributed by atoms with E-state index >= 15 is 0 Å². The average Bonchev–Trinajstić information content (AvgIpc) is 3.14. The molecule has 1 aliphatic rings. The third-order valence-electron chi connectivity index (χ3n) is 4.88. The van der Waals surface area contributed by atoms with E-state index in [1.165, 1.54) is 0 Å². The van der Waals surface area contributed by atoms with E-state index in [-0.39, 0.29) is 5.91 Å². The predicted octanol–water partition coefficient (Wildman–Crippen LogP) is 3.20. The number of hydrogen-bond acceptors (Lipinski definition) is 4. The smallest absolute Gasteiger partial charge is 0.276 e. The van der Waals surface area contributed by atoms with E-state index in [1.807, 2.05) is 47.4 Å². The van der Waals surface area contributed by atoms with Crippen molar-refractivity contribution in [2.45, 2.75) is 19.8 Å². The number of hydrogen-bond donors (Lipinski definition) is 0. The fourth-order valence-electron chi connectivity index (χ4n) is 3.30. The van der Waals surface area contributed by atoms with Crippen molar-refractivity contribution in [3.05, 3.63) is 60.6 Å². The molecule has 3 heterocycles. The molecule has 0 unspecified atom stereocenters. The highest BCUT2D eigenvalue weighted by Gasteiger charge is 2.28. The van der Waals surface area contributed by atoms with Crippen molar-refractivity contribution in [3.63, 3.8) is 0 Å². The first kappa shape index (κ1) is 16.4.